The van der Waals surface area contributed by atoms with Crippen LogP contribution in [-0.2, 0) is 15.8 Å². The van der Waals surface area contributed by atoms with E-state index in [9.17, 15) is 6.17 Å². The van der Waals surface area contributed by atoms with Crippen molar-refractivity contribution in [1.29, 1.82) is 0 Å². The number of carbonyl (C=O) groups excluding carboxylic acids is 1. The summed E-state index contributed by atoms with van der Waals surface area (Å²) in [6.45, 7) is 10.6. The van der Waals surface area contributed by atoms with Gasteiger partial charge in [0.1, 0.15) is 17.8 Å². The minimum absolute atomic E-state index is 0.0328. The standard InChI is InChI=1S/C30H33ClF2N8O2Si/c1-30(2,3)44(4,5)43-15-22-27(32)19(10-11-34-22)21-14-35-29(37-21)24-8-6-18-12-17(13-25(42)41(18)24)26-23(40-16-36-38-39-40)9-7-20(31)28(26)33/h7,9-11,13-14,16,18,24H,6,8,12,15H2,1-5H3,(H,35,37)/t18?,24-/m0/s1/i18D. The van der Waals surface area contributed by atoms with Gasteiger partial charge >= 0.3 is 0 Å². The Kier molecular flexibility index (Phi) is 7.41. The number of benzene rings is 1. The SMILES string of the molecule is [2H]C12CC[C@@H](c3ncc(-c4ccnc(CO[Si](C)(C)C(C)(C)C)c4F)[nH]3)N1C(=O)C=C(c1c(-n3cnnn3)ccc(Cl)c1F)C2. The third-order valence-corrected chi connectivity index (χ3v) is 13.6. The van der Waals surface area contributed by atoms with E-state index in [0.717, 1.165) is 0 Å². The van der Waals surface area contributed by atoms with E-state index in [2.05, 4.69) is 64.3 Å². The zero-order valence-electron chi connectivity index (χ0n) is 26.0. The van der Waals surface area contributed by atoms with Gasteiger partial charge in [-0.25, -0.2) is 13.8 Å². The summed E-state index contributed by atoms with van der Waals surface area (Å²) in [6.07, 6.45) is 6.50. The van der Waals surface area contributed by atoms with Gasteiger partial charge in [-0.2, -0.15) is 4.68 Å². The van der Waals surface area contributed by atoms with Crippen LogP contribution in [0.1, 0.15) is 64.5 Å². The first kappa shape index (κ1) is 28.9. The predicted octanol–water partition coefficient (Wildman–Crippen LogP) is 6.42. The number of aromatic nitrogens is 7. The number of H-pyrrole nitrogens is 1. The van der Waals surface area contributed by atoms with Gasteiger partial charge in [-0.1, -0.05) is 32.4 Å². The van der Waals surface area contributed by atoms with Crippen LogP contribution in [0.15, 0.2) is 43.0 Å². The lowest BCUT2D eigenvalue weighted by atomic mass is 9.92. The molecule has 3 aromatic heterocycles. The fraction of sp³-hybridized carbons (Fsp3) is 0.400. The molecule has 2 atom stereocenters. The van der Waals surface area contributed by atoms with Gasteiger partial charge in [-0.05, 0) is 71.6 Å². The summed E-state index contributed by atoms with van der Waals surface area (Å²) in [5.74, 6) is -1.26. The molecule has 6 rings (SSSR count). The van der Waals surface area contributed by atoms with E-state index >= 15 is 8.78 Å². The van der Waals surface area contributed by atoms with Gasteiger partial charge in [-0.3, -0.25) is 9.78 Å². The molecular formula is C30H33ClF2N8O2Si. The molecule has 0 radical (unpaired) electrons. The zero-order chi connectivity index (χ0) is 32.3. The molecule has 4 aromatic rings. The number of pyridine rings is 1. The van der Waals surface area contributed by atoms with Crippen molar-refractivity contribution in [2.45, 2.75) is 76.8 Å². The number of hydrogen-bond acceptors (Lipinski definition) is 7. The average Bonchev–Trinajstić information content (AvgIpc) is 3.73. The molecule has 10 nitrogen and oxygen atoms in total. The van der Waals surface area contributed by atoms with Gasteiger partial charge in [0, 0.05) is 29.4 Å². The molecule has 1 aromatic carbocycles. The number of rotatable bonds is 7. The molecule has 0 spiro atoms. The Hall–Kier alpha value is -3.81. The largest absolute Gasteiger partial charge is 0.411 e. The number of aromatic amines is 1. The van der Waals surface area contributed by atoms with Crippen molar-refractivity contribution in [3.8, 4) is 16.9 Å². The van der Waals surface area contributed by atoms with Crippen LogP contribution in [-0.4, -0.2) is 60.3 Å². The number of tetrazole rings is 1. The Balaban J connectivity index is 1.28. The maximum Gasteiger partial charge on any atom is 0.247 e. The first-order valence-corrected chi connectivity index (χ1v) is 17.6. The van der Waals surface area contributed by atoms with Gasteiger partial charge in [-0.15, -0.1) is 5.10 Å². The topological polar surface area (TPSA) is 115 Å². The number of nitrogens with zero attached hydrogens (tertiary/aromatic N) is 7. The fourth-order valence-electron chi connectivity index (χ4n) is 5.38. The highest BCUT2D eigenvalue weighted by Crippen LogP contribution is 2.44. The molecule has 14 heteroatoms. The molecule has 44 heavy (non-hydrogen) atoms. The second-order valence-corrected chi connectivity index (χ2v) is 17.8. The Morgan fingerprint density at radius 3 is 2.70 bits per heavy atom. The lowest BCUT2D eigenvalue weighted by molar-refractivity contribution is -0.129. The smallest absolute Gasteiger partial charge is 0.247 e. The van der Waals surface area contributed by atoms with Crippen LogP contribution in [0.25, 0.3) is 22.5 Å². The molecule has 1 amide bonds. The summed E-state index contributed by atoms with van der Waals surface area (Å²) in [7, 11) is -2.13. The number of hydrogen-bond donors (Lipinski definition) is 1. The zero-order valence-corrected chi connectivity index (χ0v) is 26.8. The molecule has 5 heterocycles. The molecule has 1 N–H and O–H groups in total. The van der Waals surface area contributed by atoms with Crippen molar-refractivity contribution in [3.05, 3.63) is 76.7 Å². The Morgan fingerprint density at radius 2 is 1.98 bits per heavy atom. The van der Waals surface area contributed by atoms with E-state index in [-0.39, 0.29) is 39.9 Å². The quantitative estimate of drug-likeness (QED) is 0.232. The van der Waals surface area contributed by atoms with Crippen LogP contribution in [0.5, 0.6) is 0 Å². The van der Waals surface area contributed by atoms with Crippen LogP contribution in [0, 0.1) is 11.6 Å². The highest BCUT2D eigenvalue weighted by atomic mass is 35.5. The first-order valence-electron chi connectivity index (χ1n) is 14.8. The van der Waals surface area contributed by atoms with Crippen LogP contribution in [0.2, 0.25) is 23.2 Å². The number of fused-ring (bicyclic) bond motifs is 1. The van der Waals surface area contributed by atoms with Crippen LogP contribution < -0.4 is 0 Å². The second kappa shape index (κ2) is 11.3. The van der Waals surface area contributed by atoms with Crippen molar-refractivity contribution < 1.29 is 19.4 Å². The minimum Gasteiger partial charge on any atom is -0.411 e. The summed E-state index contributed by atoms with van der Waals surface area (Å²) in [4.78, 5) is 27.0. The molecule has 0 bridgehead atoms. The maximum absolute atomic E-state index is 15.7. The average molecular weight is 640 g/mol. The molecule has 2 aliphatic rings. The van der Waals surface area contributed by atoms with E-state index in [0.29, 0.717) is 35.6 Å². The van der Waals surface area contributed by atoms with E-state index in [1.807, 2.05) is 0 Å². The number of amides is 1. The van der Waals surface area contributed by atoms with E-state index < -0.39 is 37.9 Å². The Labute approximate surface area is 261 Å². The molecule has 0 aliphatic carbocycles. The molecule has 0 saturated carbocycles. The minimum atomic E-state index is -2.13. The third kappa shape index (κ3) is 5.37. The molecule has 1 fully saturated rings. The van der Waals surface area contributed by atoms with Crippen LogP contribution in [0.3, 0.4) is 0 Å². The number of nitrogens with one attached hydrogen (secondary N) is 1. The van der Waals surface area contributed by atoms with Gasteiger partial charge < -0.3 is 14.3 Å². The van der Waals surface area contributed by atoms with E-state index in [1.165, 1.54) is 40.4 Å². The summed E-state index contributed by atoms with van der Waals surface area (Å²) in [6, 6.07) is 2.59. The summed E-state index contributed by atoms with van der Waals surface area (Å²) in [5.41, 5.74) is 1.61. The van der Waals surface area contributed by atoms with Gasteiger partial charge in [0.15, 0.2) is 20.0 Å². The van der Waals surface area contributed by atoms with Gasteiger partial charge in [0.2, 0.25) is 5.91 Å². The lowest BCUT2D eigenvalue weighted by Crippen LogP contribution is -2.40. The van der Waals surface area contributed by atoms with Crippen LogP contribution in [0.4, 0.5) is 8.78 Å². The molecule has 1 unspecified atom stereocenters. The molecular weight excluding hydrogens is 606 g/mol. The number of halogens is 3. The fourth-order valence-corrected chi connectivity index (χ4v) is 6.47. The highest BCUT2D eigenvalue weighted by Gasteiger charge is 2.42. The Morgan fingerprint density at radius 1 is 1.18 bits per heavy atom. The first-order chi connectivity index (χ1) is 21.2. The van der Waals surface area contributed by atoms with E-state index in [1.54, 1.807) is 12.1 Å². The van der Waals surface area contributed by atoms with Crippen molar-refractivity contribution in [2.75, 3.05) is 0 Å². The monoisotopic (exact) mass is 639 g/mol. The molecule has 230 valence electrons. The summed E-state index contributed by atoms with van der Waals surface area (Å²) < 4.78 is 47.9. The molecule has 2 aliphatic heterocycles. The lowest BCUT2D eigenvalue weighted by Gasteiger charge is -2.36. The Bertz CT molecular complexity index is 1810. The van der Waals surface area contributed by atoms with Crippen molar-refractivity contribution >= 4 is 31.4 Å². The van der Waals surface area contributed by atoms with Gasteiger partial charge in [0.05, 0.1) is 36.6 Å². The number of imidazole rings is 1. The number of carbonyl (C=O) groups is 1. The van der Waals surface area contributed by atoms with Gasteiger partial charge in [0.25, 0.3) is 0 Å². The van der Waals surface area contributed by atoms with Crippen molar-refractivity contribution in [1.82, 2.24) is 40.1 Å². The second-order valence-electron chi connectivity index (χ2n) is 12.5. The maximum atomic E-state index is 15.7. The van der Waals surface area contributed by atoms with Crippen LogP contribution >= 0.6 is 11.6 Å². The van der Waals surface area contributed by atoms with Crippen molar-refractivity contribution in [3.63, 3.8) is 0 Å². The highest BCUT2D eigenvalue weighted by molar-refractivity contribution is 6.74. The van der Waals surface area contributed by atoms with Crippen molar-refractivity contribution in [2.24, 2.45) is 0 Å². The normalized spacial score (nSPS) is 21.0. The predicted molar refractivity (Wildman–Crippen MR) is 163 cm³/mol. The third-order valence-electron chi connectivity index (χ3n) is 8.82. The van der Waals surface area contributed by atoms with E-state index in [4.69, 9.17) is 16.0 Å². The molecule has 1 saturated heterocycles. The summed E-state index contributed by atoms with van der Waals surface area (Å²) in [5, 5.41) is 11.0. The summed E-state index contributed by atoms with van der Waals surface area (Å²) >= 11 is 6.13.